The summed E-state index contributed by atoms with van der Waals surface area (Å²) >= 11 is 12.1. The van der Waals surface area contributed by atoms with E-state index in [2.05, 4.69) is 17.5 Å². The van der Waals surface area contributed by atoms with Gasteiger partial charge in [0.2, 0.25) is 0 Å². The van der Waals surface area contributed by atoms with Gasteiger partial charge in [-0.05, 0) is 48.9 Å². The lowest BCUT2D eigenvalue weighted by atomic mass is 10.2. The third-order valence-corrected chi connectivity index (χ3v) is 4.31. The number of anilines is 1. The highest BCUT2D eigenvalue weighted by molar-refractivity contribution is 6.35. The molecule has 0 atom stereocenters. The third-order valence-electron chi connectivity index (χ3n) is 3.73. The Labute approximate surface area is 163 Å². The van der Waals surface area contributed by atoms with Gasteiger partial charge in [-0.1, -0.05) is 59.1 Å². The van der Waals surface area contributed by atoms with Crippen molar-refractivity contribution in [3.63, 3.8) is 0 Å². The Morgan fingerprint density at radius 3 is 2.58 bits per heavy atom. The molecule has 0 fully saturated rings. The second-order valence-corrected chi connectivity index (χ2v) is 6.68. The lowest BCUT2D eigenvalue weighted by Gasteiger charge is -2.08. The predicted molar refractivity (Wildman–Crippen MR) is 110 cm³/mol. The molecule has 0 aliphatic rings. The Balaban J connectivity index is 1.60. The summed E-state index contributed by atoms with van der Waals surface area (Å²) in [5.41, 5.74) is 6.98. The van der Waals surface area contributed by atoms with E-state index < -0.39 is 0 Å². The maximum Gasteiger partial charge on any atom is 0.120 e. The highest BCUT2D eigenvalue weighted by Crippen LogP contribution is 2.23. The van der Waals surface area contributed by atoms with Gasteiger partial charge in [-0.25, -0.2) is 0 Å². The molecule has 0 aromatic heterocycles. The molecule has 0 heterocycles. The molecule has 0 spiro atoms. The fourth-order valence-corrected chi connectivity index (χ4v) is 2.76. The smallest absolute Gasteiger partial charge is 0.120 e. The van der Waals surface area contributed by atoms with Crippen molar-refractivity contribution < 1.29 is 4.74 Å². The summed E-state index contributed by atoms with van der Waals surface area (Å²) < 4.78 is 5.82. The van der Waals surface area contributed by atoms with Crippen molar-refractivity contribution in [3.05, 3.63) is 93.5 Å². The molecule has 1 N–H and O–H groups in total. The normalized spacial score (nSPS) is 10.9. The Bertz CT molecular complexity index is 908. The minimum atomic E-state index is 0.373. The van der Waals surface area contributed by atoms with Crippen LogP contribution in [-0.2, 0) is 6.61 Å². The van der Waals surface area contributed by atoms with Crippen LogP contribution in [0.4, 0.5) is 5.69 Å². The zero-order valence-electron chi connectivity index (χ0n) is 14.2. The quantitative estimate of drug-likeness (QED) is 0.398. The van der Waals surface area contributed by atoms with Crippen LogP contribution in [-0.4, -0.2) is 6.21 Å². The van der Waals surface area contributed by atoms with Gasteiger partial charge in [0.25, 0.3) is 0 Å². The Hall–Kier alpha value is -2.49. The molecule has 3 nitrogen and oxygen atoms in total. The van der Waals surface area contributed by atoms with Gasteiger partial charge >= 0.3 is 0 Å². The highest BCUT2D eigenvalue weighted by Gasteiger charge is 2.03. The summed E-state index contributed by atoms with van der Waals surface area (Å²) in [6.07, 6.45) is 1.75. The van der Waals surface area contributed by atoms with E-state index in [4.69, 9.17) is 27.9 Å². The van der Waals surface area contributed by atoms with Crippen molar-refractivity contribution in [1.82, 2.24) is 0 Å². The van der Waals surface area contributed by atoms with Crippen LogP contribution < -0.4 is 10.2 Å². The van der Waals surface area contributed by atoms with Crippen LogP contribution in [0.1, 0.15) is 16.7 Å². The second kappa shape index (κ2) is 8.75. The van der Waals surface area contributed by atoms with Crippen LogP contribution in [0.2, 0.25) is 10.0 Å². The van der Waals surface area contributed by atoms with E-state index in [1.54, 1.807) is 18.3 Å². The molecule has 132 valence electrons. The minimum Gasteiger partial charge on any atom is -0.489 e. The third kappa shape index (κ3) is 5.25. The average molecular weight is 385 g/mol. The molecule has 3 rings (SSSR count). The molecule has 0 saturated carbocycles. The van der Waals surface area contributed by atoms with E-state index in [-0.39, 0.29) is 0 Å². The molecule has 0 bridgehead atoms. The number of hydrogen-bond acceptors (Lipinski definition) is 3. The standard InChI is InChI=1S/C21H18Cl2N2O/c1-15-5-9-19(10-6-15)25-24-13-16-3-2-4-20(11-16)26-14-17-7-8-18(22)12-21(17)23/h2-13,25H,14H2,1H3. The van der Waals surface area contributed by atoms with Gasteiger partial charge < -0.3 is 4.74 Å². The summed E-state index contributed by atoms with van der Waals surface area (Å²) in [5, 5.41) is 5.46. The van der Waals surface area contributed by atoms with Gasteiger partial charge in [0, 0.05) is 15.6 Å². The molecule has 0 amide bonds. The van der Waals surface area contributed by atoms with Crippen molar-refractivity contribution in [3.8, 4) is 5.75 Å². The van der Waals surface area contributed by atoms with Crippen molar-refractivity contribution >= 4 is 35.1 Å². The van der Waals surface area contributed by atoms with Crippen LogP contribution in [0.15, 0.2) is 71.8 Å². The van der Waals surface area contributed by atoms with Gasteiger partial charge in [0.15, 0.2) is 0 Å². The Kier molecular flexibility index (Phi) is 6.16. The molecule has 0 aliphatic carbocycles. The first-order valence-electron chi connectivity index (χ1n) is 8.13. The van der Waals surface area contributed by atoms with Crippen LogP contribution in [0.3, 0.4) is 0 Å². The molecule has 0 radical (unpaired) electrons. The largest absolute Gasteiger partial charge is 0.489 e. The highest BCUT2D eigenvalue weighted by atomic mass is 35.5. The number of hydrazone groups is 1. The Morgan fingerprint density at radius 2 is 1.81 bits per heavy atom. The topological polar surface area (TPSA) is 33.6 Å². The summed E-state index contributed by atoms with van der Waals surface area (Å²) in [6.45, 7) is 2.42. The van der Waals surface area contributed by atoms with E-state index in [1.165, 1.54) is 5.56 Å². The molecule has 0 aliphatic heterocycles. The lowest BCUT2D eigenvalue weighted by molar-refractivity contribution is 0.306. The van der Waals surface area contributed by atoms with Crippen molar-refractivity contribution in [2.75, 3.05) is 5.43 Å². The summed E-state index contributed by atoms with van der Waals surface area (Å²) in [5.74, 6) is 0.746. The van der Waals surface area contributed by atoms with Gasteiger partial charge in [-0.2, -0.15) is 5.10 Å². The summed E-state index contributed by atoms with van der Waals surface area (Å²) in [6, 6.07) is 21.1. The van der Waals surface area contributed by atoms with E-state index in [0.29, 0.717) is 16.7 Å². The number of benzene rings is 3. The fraction of sp³-hybridized carbons (Fsp3) is 0.0952. The van der Waals surface area contributed by atoms with E-state index in [1.807, 2.05) is 54.6 Å². The monoisotopic (exact) mass is 384 g/mol. The van der Waals surface area contributed by atoms with Gasteiger partial charge in [0.05, 0.1) is 11.9 Å². The van der Waals surface area contributed by atoms with Crippen LogP contribution in [0.5, 0.6) is 5.75 Å². The van der Waals surface area contributed by atoms with E-state index >= 15 is 0 Å². The molecule has 0 unspecified atom stereocenters. The number of hydrogen-bond donors (Lipinski definition) is 1. The first-order chi connectivity index (χ1) is 12.6. The first-order valence-corrected chi connectivity index (χ1v) is 8.88. The molecule has 5 heteroatoms. The first kappa shape index (κ1) is 18.3. The van der Waals surface area contributed by atoms with Gasteiger partial charge in [0.1, 0.15) is 12.4 Å². The fourth-order valence-electron chi connectivity index (χ4n) is 2.29. The molecule has 3 aromatic rings. The summed E-state index contributed by atoms with van der Waals surface area (Å²) in [7, 11) is 0. The average Bonchev–Trinajstić information content (AvgIpc) is 2.63. The summed E-state index contributed by atoms with van der Waals surface area (Å²) in [4.78, 5) is 0. The van der Waals surface area contributed by atoms with Crippen molar-refractivity contribution in [2.45, 2.75) is 13.5 Å². The van der Waals surface area contributed by atoms with E-state index in [0.717, 1.165) is 22.6 Å². The van der Waals surface area contributed by atoms with Crippen LogP contribution in [0.25, 0.3) is 0 Å². The number of ether oxygens (including phenoxy) is 1. The Morgan fingerprint density at radius 1 is 1.00 bits per heavy atom. The number of rotatable bonds is 6. The maximum absolute atomic E-state index is 6.17. The zero-order chi connectivity index (χ0) is 18.4. The van der Waals surface area contributed by atoms with Crippen molar-refractivity contribution in [2.24, 2.45) is 5.10 Å². The number of aryl methyl sites for hydroxylation is 1. The maximum atomic E-state index is 6.17. The second-order valence-electron chi connectivity index (χ2n) is 5.83. The number of nitrogens with one attached hydrogen (secondary N) is 1. The van der Waals surface area contributed by atoms with Gasteiger partial charge in [-0.3, -0.25) is 5.43 Å². The zero-order valence-corrected chi connectivity index (χ0v) is 15.8. The minimum absolute atomic E-state index is 0.373. The van der Waals surface area contributed by atoms with Crippen LogP contribution >= 0.6 is 23.2 Å². The lowest BCUT2D eigenvalue weighted by Crippen LogP contribution is -1.97. The SMILES string of the molecule is Cc1ccc(NN=Cc2cccc(OCc3ccc(Cl)cc3Cl)c2)cc1. The molecular formula is C21H18Cl2N2O. The van der Waals surface area contributed by atoms with E-state index in [9.17, 15) is 0 Å². The van der Waals surface area contributed by atoms with Gasteiger partial charge in [-0.15, -0.1) is 0 Å². The molecule has 0 saturated heterocycles. The van der Waals surface area contributed by atoms with Crippen LogP contribution in [0, 0.1) is 6.92 Å². The number of nitrogens with zero attached hydrogens (tertiary/aromatic N) is 1. The predicted octanol–water partition coefficient (Wildman–Crippen LogP) is 6.33. The molecule has 3 aromatic carbocycles. The number of halogens is 2. The molecule has 26 heavy (non-hydrogen) atoms. The van der Waals surface area contributed by atoms with Crippen molar-refractivity contribution in [1.29, 1.82) is 0 Å². The molecular weight excluding hydrogens is 367 g/mol.